The second-order valence-electron chi connectivity index (χ2n) is 7.05. The van der Waals surface area contributed by atoms with E-state index in [9.17, 15) is 9.18 Å². The average molecular weight is 412 g/mol. The largest absolute Gasteiger partial charge is 0.455 e. The summed E-state index contributed by atoms with van der Waals surface area (Å²) in [4.78, 5) is 19.5. The molecule has 1 fully saturated rings. The normalized spacial score (nSPS) is 14.6. The van der Waals surface area contributed by atoms with Gasteiger partial charge in [0.15, 0.2) is 16.7 Å². The van der Waals surface area contributed by atoms with Gasteiger partial charge in [-0.15, -0.1) is 11.3 Å². The molecule has 0 aliphatic carbocycles. The van der Waals surface area contributed by atoms with Gasteiger partial charge in [-0.3, -0.25) is 4.79 Å². The van der Waals surface area contributed by atoms with Gasteiger partial charge in [-0.1, -0.05) is 24.3 Å². The standard InChI is InChI=1S/C22H22FN3O2S/c1-15-14-29-22(24-15)26-12-10-16(11-13-26)21(27)25-20-18(23)8-5-9-19(20)28-17-6-3-2-4-7-17/h2-9,14,16H,10-13H2,1H3,(H,25,27). The molecule has 150 valence electrons. The van der Waals surface area contributed by atoms with Gasteiger partial charge in [0.1, 0.15) is 11.4 Å². The Morgan fingerprint density at radius 1 is 1.17 bits per heavy atom. The smallest absolute Gasteiger partial charge is 0.227 e. The predicted molar refractivity (Wildman–Crippen MR) is 113 cm³/mol. The molecule has 0 spiro atoms. The lowest BCUT2D eigenvalue weighted by Crippen LogP contribution is -2.38. The number of anilines is 2. The molecule has 29 heavy (non-hydrogen) atoms. The maximum absolute atomic E-state index is 14.5. The van der Waals surface area contributed by atoms with E-state index in [1.165, 1.54) is 6.07 Å². The molecular formula is C22H22FN3O2S. The number of nitrogens with one attached hydrogen (secondary N) is 1. The second-order valence-corrected chi connectivity index (χ2v) is 7.89. The van der Waals surface area contributed by atoms with Crippen LogP contribution in [0.1, 0.15) is 18.5 Å². The molecule has 0 saturated carbocycles. The third-order valence-corrected chi connectivity index (χ3v) is 5.96. The highest BCUT2D eigenvalue weighted by Gasteiger charge is 2.27. The minimum Gasteiger partial charge on any atom is -0.455 e. The van der Waals surface area contributed by atoms with Gasteiger partial charge in [0.25, 0.3) is 0 Å². The van der Waals surface area contributed by atoms with Crippen LogP contribution < -0.4 is 15.0 Å². The van der Waals surface area contributed by atoms with Gasteiger partial charge >= 0.3 is 0 Å². The summed E-state index contributed by atoms with van der Waals surface area (Å²) in [6.45, 7) is 3.50. The Morgan fingerprint density at radius 2 is 1.93 bits per heavy atom. The number of hydrogen-bond donors (Lipinski definition) is 1. The van der Waals surface area contributed by atoms with Crippen molar-refractivity contribution >= 4 is 28.1 Å². The number of rotatable bonds is 5. The minimum absolute atomic E-state index is 0.0827. The summed E-state index contributed by atoms with van der Waals surface area (Å²) in [7, 11) is 0. The van der Waals surface area contributed by atoms with E-state index in [1.54, 1.807) is 35.6 Å². The van der Waals surface area contributed by atoms with E-state index in [0.29, 0.717) is 24.3 Å². The number of para-hydroxylation sites is 2. The Kier molecular flexibility index (Phi) is 5.76. The first-order chi connectivity index (χ1) is 14.1. The van der Waals surface area contributed by atoms with Gasteiger partial charge in [-0.25, -0.2) is 9.37 Å². The number of hydrogen-bond acceptors (Lipinski definition) is 5. The fourth-order valence-corrected chi connectivity index (χ4v) is 4.23. The summed E-state index contributed by atoms with van der Waals surface area (Å²) >= 11 is 1.62. The zero-order valence-corrected chi connectivity index (χ0v) is 16.9. The van der Waals surface area contributed by atoms with Gasteiger partial charge in [-0.2, -0.15) is 0 Å². The van der Waals surface area contributed by atoms with E-state index < -0.39 is 5.82 Å². The molecule has 0 bridgehead atoms. The molecule has 2 aromatic carbocycles. The van der Waals surface area contributed by atoms with Crippen LogP contribution in [0.25, 0.3) is 0 Å². The van der Waals surface area contributed by atoms with Gasteiger partial charge in [0.2, 0.25) is 5.91 Å². The number of halogens is 1. The SMILES string of the molecule is Cc1csc(N2CCC(C(=O)Nc3c(F)cccc3Oc3ccccc3)CC2)n1. The fourth-order valence-electron chi connectivity index (χ4n) is 3.37. The molecular weight excluding hydrogens is 389 g/mol. The minimum atomic E-state index is -0.512. The van der Waals surface area contributed by atoms with Crippen LogP contribution in [-0.2, 0) is 4.79 Å². The molecule has 1 aliphatic rings. The summed E-state index contributed by atoms with van der Waals surface area (Å²) < 4.78 is 20.2. The first-order valence-corrected chi connectivity index (χ1v) is 10.5. The number of thiazole rings is 1. The Labute approximate surface area is 173 Å². The van der Waals surface area contributed by atoms with Crippen LogP contribution in [0.15, 0.2) is 53.9 Å². The first-order valence-electron chi connectivity index (χ1n) is 9.59. The van der Waals surface area contributed by atoms with Crippen molar-refractivity contribution in [3.05, 3.63) is 65.4 Å². The molecule has 5 nitrogen and oxygen atoms in total. The van der Waals surface area contributed by atoms with Crippen LogP contribution in [0.4, 0.5) is 15.2 Å². The molecule has 0 unspecified atom stereocenters. The zero-order chi connectivity index (χ0) is 20.2. The van der Waals surface area contributed by atoms with E-state index in [0.717, 1.165) is 23.9 Å². The van der Waals surface area contributed by atoms with Crippen molar-refractivity contribution in [3.8, 4) is 11.5 Å². The average Bonchev–Trinajstić information content (AvgIpc) is 3.18. The van der Waals surface area contributed by atoms with Gasteiger partial charge < -0.3 is 15.0 Å². The maximum atomic E-state index is 14.5. The lowest BCUT2D eigenvalue weighted by atomic mass is 9.96. The Balaban J connectivity index is 1.42. The highest BCUT2D eigenvalue weighted by Crippen LogP contribution is 2.33. The summed E-state index contributed by atoms with van der Waals surface area (Å²) in [5.74, 6) is 0.0165. The van der Waals surface area contributed by atoms with Gasteiger partial charge in [-0.05, 0) is 44.0 Å². The van der Waals surface area contributed by atoms with E-state index in [2.05, 4.69) is 15.2 Å². The number of carbonyl (C=O) groups is 1. The lowest BCUT2D eigenvalue weighted by Gasteiger charge is -2.31. The third kappa shape index (κ3) is 4.56. The number of carbonyl (C=O) groups excluding carboxylic acids is 1. The van der Waals surface area contributed by atoms with E-state index >= 15 is 0 Å². The molecule has 1 amide bonds. The van der Waals surface area contributed by atoms with Crippen molar-refractivity contribution in [2.24, 2.45) is 5.92 Å². The fraction of sp³-hybridized carbons (Fsp3) is 0.273. The molecule has 1 aliphatic heterocycles. The van der Waals surface area contributed by atoms with Crippen LogP contribution >= 0.6 is 11.3 Å². The molecule has 1 saturated heterocycles. The van der Waals surface area contributed by atoms with Crippen molar-refractivity contribution in [1.82, 2.24) is 4.98 Å². The van der Waals surface area contributed by atoms with Gasteiger partial charge in [0, 0.05) is 24.4 Å². The van der Waals surface area contributed by atoms with Crippen LogP contribution in [0.3, 0.4) is 0 Å². The van der Waals surface area contributed by atoms with Crippen molar-refractivity contribution in [3.63, 3.8) is 0 Å². The van der Waals surface area contributed by atoms with E-state index in [1.807, 2.05) is 30.5 Å². The Hall–Kier alpha value is -2.93. The number of aromatic nitrogens is 1. The Bertz CT molecular complexity index is 985. The second kappa shape index (κ2) is 8.61. The summed E-state index contributed by atoms with van der Waals surface area (Å²) in [5.41, 5.74) is 1.09. The van der Waals surface area contributed by atoms with Crippen molar-refractivity contribution in [1.29, 1.82) is 0 Å². The predicted octanol–water partition coefficient (Wildman–Crippen LogP) is 5.24. The van der Waals surface area contributed by atoms with E-state index in [4.69, 9.17) is 4.74 Å². The zero-order valence-electron chi connectivity index (χ0n) is 16.1. The Morgan fingerprint density at radius 3 is 2.62 bits per heavy atom. The summed E-state index contributed by atoms with van der Waals surface area (Å²) in [5, 5.41) is 5.78. The monoisotopic (exact) mass is 411 g/mol. The molecule has 1 N–H and O–H groups in total. The number of ether oxygens (including phenoxy) is 1. The van der Waals surface area contributed by atoms with Crippen LogP contribution in [0.5, 0.6) is 11.5 Å². The number of aryl methyl sites for hydroxylation is 1. The highest BCUT2D eigenvalue weighted by atomic mass is 32.1. The molecule has 4 rings (SSSR count). The quantitative estimate of drug-likeness (QED) is 0.624. The van der Waals surface area contributed by atoms with Crippen LogP contribution in [0, 0.1) is 18.7 Å². The molecule has 7 heteroatoms. The molecule has 2 heterocycles. The molecule has 1 aromatic heterocycles. The topological polar surface area (TPSA) is 54.5 Å². The van der Waals surface area contributed by atoms with E-state index in [-0.39, 0.29) is 17.5 Å². The number of benzene rings is 2. The molecule has 0 radical (unpaired) electrons. The molecule has 3 aromatic rings. The maximum Gasteiger partial charge on any atom is 0.227 e. The van der Waals surface area contributed by atoms with Crippen molar-refractivity contribution in [2.75, 3.05) is 23.3 Å². The van der Waals surface area contributed by atoms with Gasteiger partial charge in [0.05, 0.1) is 5.69 Å². The summed E-state index contributed by atoms with van der Waals surface area (Å²) in [6.07, 6.45) is 1.40. The lowest BCUT2D eigenvalue weighted by molar-refractivity contribution is -0.120. The third-order valence-electron chi connectivity index (χ3n) is 4.94. The number of amides is 1. The van der Waals surface area contributed by atoms with Crippen molar-refractivity contribution in [2.45, 2.75) is 19.8 Å². The van der Waals surface area contributed by atoms with Crippen LogP contribution in [-0.4, -0.2) is 24.0 Å². The first kappa shape index (κ1) is 19.4. The number of piperidine rings is 1. The summed E-state index contributed by atoms with van der Waals surface area (Å²) in [6, 6.07) is 13.7. The van der Waals surface area contributed by atoms with Crippen molar-refractivity contribution < 1.29 is 13.9 Å². The van der Waals surface area contributed by atoms with Crippen LogP contribution in [0.2, 0.25) is 0 Å². The molecule has 0 atom stereocenters. The number of nitrogens with zero attached hydrogens (tertiary/aromatic N) is 2. The highest BCUT2D eigenvalue weighted by molar-refractivity contribution is 7.13.